The van der Waals surface area contributed by atoms with Gasteiger partial charge in [0.25, 0.3) is 0 Å². The molecule has 5 heteroatoms. The maximum absolute atomic E-state index is 6.53. The number of hydrogen-bond acceptors (Lipinski definition) is 5. The van der Waals surface area contributed by atoms with E-state index < -0.39 is 5.41 Å². The minimum absolute atomic E-state index is 0.0949. The highest BCUT2D eigenvalue weighted by Crippen LogP contribution is 2.64. The summed E-state index contributed by atoms with van der Waals surface area (Å²) in [5, 5.41) is 2.05. The van der Waals surface area contributed by atoms with E-state index in [0.717, 1.165) is 49.8 Å². The van der Waals surface area contributed by atoms with E-state index in [1.54, 1.807) is 0 Å². The van der Waals surface area contributed by atoms with Gasteiger partial charge in [0, 0.05) is 44.8 Å². The van der Waals surface area contributed by atoms with Crippen molar-refractivity contribution >= 4 is 38.9 Å². The van der Waals surface area contributed by atoms with Crippen molar-refractivity contribution < 1.29 is 4.42 Å². The molecule has 12 aromatic rings. The first-order valence-corrected chi connectivity index (χ1v) is 25.8. The summed E-state index contributed by atoms with van der Waals surface area (Å²) in [7, 11) is 0. The summed E-state index contributed by atoms with van der Waals surface area (Å²) in [5.41, 5.74) is 23.2. The molecule has 10 aromatic carbocycles. The molecule has 5 nitrogen and oxygen atoms in total. The number of hydrogen-bond donors (Lipinski definition) is 0. The Hall–Kier alpha value is -9.71. The zero-order valence-electron chi connectivity index (χ0n) is 40.6. The molecular weight excluding hydrogens is 913 g/mol. The molecule has 0 radical (unpaired) electrons. The molecule has 4 aliphatic rings. The topological polar surface area (TPSA) is 55.1 Å². The van der Waals surface area contributed by atoms with E-state index >= 15 is 0 Å². The van der Waals surface area contributed by atoms with Gasteiger partial charge in [0.2, 0.25) is 0 Å². The van der Waals surface area contributed by atoms with Crippen molar-refractivity contribution in [2.24, 2.45) is 0 Å². The van der Waals surface area contributed by atoms with E-state index in [4.69, 9.17) is 19.4 Å². The molecule has 2 unspecified atom stereocenters. The van der Waals surface area contributed by atoms with E-state index in [1.807, 2.05) is 72.8 Å². The SMILES string of the molecule is C1=CC2C(C=C1c1cccc3c1-c1ccccc1C31c3ccccc3-c3ccccc31)c1cc(-c3ccc4oc5ccc(-c6nc(-c7ccccc7)nc(-c7ccccc7)n6)cc5c4c3)ccc1N2c1ccccc1. The average molecular weight is 957 g/mol. The number of furan rings is 1. The first-order valence-electron chi connectivity index (χ1n) is 25.8. The van der Waals surface area contributed by atoms with E-state index in [-0.39, 0.29) is 12.0 Å². The Labute approximate surface area is 434 Å². The number of para-hydroxylation sites is 1. The monoisotopic (exact) mass is 956 g/mol. The lowest BCUT2D eigenvalue weighted by atomic mass is 9.70. The summed E-state index contributed by atoms with van der Waals surface area (Å²) >= 11 is 0. The fraction of sp³-hybridized carbons (Fsp3) is 0.0429. The Bertz CT molecular complexity index is 4280. The van der Waals surface area contributed by atoms with Gasteiger partial charge in [-0.3, -0.25) is 0 Å². The second kappa shape index (κ2) is 16.1. The number of anilines is 2. The lowest BCUT2D eigenvalue weighted by molar-refractivity contribution is 0.669. The zero-order valence-corrected chi connectivity index (χ0v) is 40.6. The van der Waals surface area contributed by atoms with Gasteiger partial charge in [-0.1, -0.05) is 200 Å². The summed E-state index contributed by atoms with van der Waals surface area (Å²) in [5.74, 6) is 1.97. The highest BCUT2D eigenvalue weighted by atomic mass is 16.3. The molecule has 3 heterocycles. The van der Waals surface area contributed by atoms with Crippen LogP contribution in [0.15, 0.2) is 259 Å². The molecule has 16 rings (SSSR count). The molecule has 2 aromatic heterocycles. The van der Waals surface area contributed by atoms with Gasteiger partial charge in [-0.15, -0.1) is 0 Å². The van der Waals surface area contributed by atoms with Crippen LogP contribution in [0.25, 0.3) is 95.1 Å². The number of nitrogens with zero attached hydrogens (tertiary/aromatic N) is 4. The number of aromatic nitrogens is 3. The van der Waals surface area contributed by atoms with Crippen molar-refractivity contribution in [1.29, 1.82) is 0 Å². The summed E-state index contributed by atoms with van der Waals surface area (Å²) in [6.07, 6.45) is 7.39. The van der Waals surface area contributed by atoms with Crippen LogP contribution in [0, 0.1) is 0 Å². The second-order valence-corrected chi connectivity index (χ2v) is 20.2. The fourth-order valence-electron chi connectivity index (χ4n) is 13.1. The van der Waals surface area contributed by atoms with Gasteiger partial charge in [0.1, 0.15) is 11.2 Å². The number of fused-ring (bicyclic) bond motifs is 16. The van der Waals surface area contributed by atoms with Gasteiger partial charge in [-0.05, 0) is 127 Å². The molecular formula is C70H44N4O. The van der Waals surface area contributed by atoms with Crippen molar-refractivity contribution in [3.63, 3.8) is 0 Å². The molecule has 0 bridgehead atoms. The third kappa shape index (κ3) is 6.16. The van der Waals surface area contributed by atoms with E-state index in [9.17, 15) is 0 Å². The number of benzene rings is 10. The molecule has 0 amide bonds. The van der Waals surface area contributed by atoms with Crippen LogP contribution in [0.4, 0.5) is 11.4 Å². The van der Waals surface area contributed by atoms with Gasteiger partial charge >= 0.3 is 0 Å². The third-order valence-electron chi connectivity index (χ3n) is 16.3. The van der Waals surface area contributed by atoms with Crippen molar-refractivity contribution in [1.82, 2.24) is 15.0 Å². The summed E-state index contributed by atoms with van der Waals surface area (Å²) < 4.78 is 6.53. The zero-order chi connectivity index (χ0) is 49.2. The Morgan fingerprint density at radius 3 is 1.55 bits per heavy atom. The fourth-order valence-corrected chi connectivity index (χ4v) is 13.1. The largest absolute Gasteiger partial charge is 0.456 e. The molecule has 0 fully saturated rings. The predicted molar refractivity (Wildman–Crippen MR) is 304 cm³/mol. The summed E-state index contributed by atoms with van der Waals surface area (Å²) in [6, 6.07) is 85.3. The summed E-state index contributed by atoms with van der Waals surface area (Å²) in [4.78, 5) is 17.6. The quantitative estimate of drug-likeness (QED) is 0.166. The van der Waals surface area contributed by atoms with E-state index in [1.165, 1.54) is 72.6 Å². The smallest absolute Gasteiger partial charge is 0.164 e. The van der Waals surface area contributed by atoms with Crippen molar-refractivity contribution in [2.75, 3.05) is 4.90 Å². The average Bonchev–Trinajstić information content (AvgIpc) is 4.22. The van der Waals surface area contributed by atoms with Gasteiger partial charge in [0.15, 0.2) is 17.5 Å². The molecule has 2 atom stereocenters. The number of allylic oxidation sites excluding steroid dienone is 2. The third-order valence-corrected chi connectivity index (χ3v) is 16.3. The minimum atomic E-state index is -0.400. The first kappa shape index (κ1) is 41.9. The van der Waals surface area contributed by atoms with Crippen LogP contribution in [0.3, 0.4) is 0 Å². The van der Waals surface area contributed by atoms with E-state index in [0.29, 0.717) is 17.5 Å². The van der Waals surface area contributed by atoms with Crippen LogP contribution >= 0.6 is 0 Å². The van der Waals surface area contributed by atoms with Crippen LogP contribution in [0.5, 0.6) is 0 Å². The van der Waals surface area contributed by atoms with Crippen LogP contribution in [0.1, 0.15) is 39.3 Å². The van der Waals surface area contributed by atoms with Crippen LogP contribution < -0.4 is 4.90 Å². The number of rotatable bonds is 6. The van der Waals surface area contributed by atoms with E-state index in [2.05, 4.69) is 187 Å². The Balaban J connectivity index is 0.820. The van der Waals surface area contributed by atoms with Crippen LogP contribution in [0.2, 0.25) is 0 Å². The highest BCUT2D eigenvalue weighted by molar-refractivity contribution is 6.08. The standard InChI is InChI=1S/C70H44N4O/c1-4-17-43(18-5-1)67-71-68(44-19-6-2-7-20-44)73-69(72-67)48-34-38-65-57(42-48)56-40-46(33-37-64(56)75-65)45-31-35-62-54(39-45)55-41-47(32-36-63(55)74(62)49-21-8-3-9-22-49)50-26-16-30-61-66(50)53-25-12-15-29-60(53)70(61)58-27-13-10-23-51(58)52-24-11-14-28-59(52)70/h1-42,55,63H. The molecule has 1 aliphatic heterocycles. The van der Waals surface area contributed by atoms with Crippen LogP contribution in [-0.2, 0) is 5.41 Å². The second-order valence-electron chi connectivity index (χ2n) is 20.2. The molecule has 75 heavy (non-hydrogen) atoms. The van der Waals surface area contributed by atoms with Gasteiger partial charge < -0.3 is 9.32 Å². The summed E-state index contributed by atoms with van der Waals surface area (Å²) in [6.45, 7) is 0. The molecule has 0 N–H and O–H groups in total. The normalized spacial score (nSPS) is 16.1. The maximum Gasteiger partial charge on any atom is 0.164 e. The molecule has 350 valence electrons. The molecule has 3 aliphatic carbocycles. The minimum Gasteiger partial charge on any atom is -0.456 e. The highest BCUT2D eigenvalue weighted by Gasteiger charge is 2.52. The van der Waals surface area contributed by atoms with Crippen molar-refractivity contribution in [3.05, 3.63) is 288 Å². The van der Waals surface area contributed by atoms with Crippen molar-refractivity contribution in [3.8, 4) is 67.5 Å². The molecule has 0 saturated carbocycles. The van der Waals surface area contributed by atoms with Crippen LogP contribution in [-0.4, -0.2) is 21.0 Å². The maximum atomic E-state index is 6.53. The Morgan fingerprint density at radius 1 is 0.400 bits per heavy atom. The van der Waals surface area contributed by atoms with Gasteiger partial charge in [-0.2, -0.15) is 0 Å². The lowest BCUT2D eigenvalue weighted by Gasteiger charge is -2.31. The van der Waals surface area contributed by atoms with Gasteiger partial charge in [0.05, 0.1) is 11.5 Å². The lowest BCUT2D eigenvalue weighted by Crippen LogP contribution is -2.29. The first-order chi connectivity index (χ1) is 37.2. The molecule has 0 saturated heterocycles. The Morgan fingerprint density at radius 2 is 0.893 bits per heavy atom. The van der Waals surface area contributed by atoms with Gasteiger partial charge in [-0.25, -0.2) is 15.0 Å². The Kier molecular flexibility index (Phi) is 9.01. The van der Waals surface area contributed by atoms with Crippen molar-refractivity contribution in [2.45, 2.75) is 17.4 Å². The predicted octanol–water partition coefficient (Wildman–Crippen LogP) is 17.0. The molecule has 1 spiro atoms.